The molecule has 0 aliphatic heterocycles. The van der Waals surface area contributed by atoms with E-state index in [4.69, 9.17) is 23.2 Å². The van der Waals surface area contributed by atoms with Gasteiger partial charge in [0.05, 0.1) is 10.6 Å². The van der Waals surface area contributed by atoms with E-state index in [0.717, 1.165) is 4.31 Å². The number of halogens is 2. The van der Waals surface area contributed by atoms with Crippen molar-refractivity contribution >= 4 is 50.7 Å². The number of nitrogens with one attached hydrogen (secondary N) is 1. The molecule has 190 valence electrons. The first kappa shape index (κ1) is 27.5. The Bertz CT molecular complexity index is 1290. The third kappa shape index (κ3) is 6.37. The summed E-state index contributed by atoms with van der Waals surface area (Å²) in [5.74, 6) is -0.973. The van der Waals surface area contributed by atoms with Gasteiger partial charge in [-0.3, -0.25) is 13.9 Å². The summed E-state index contributed by atoms with van der Waals surface area (Å²) in [4.78, 5) is 27.8. The Morgan fingerprint density at radius 1 is 0.889 bits per heavy atom. The zero-order valence-electron chi connectivity index (χ0n) is 19.9. The molecule has 0 unspecified atom stereocenters. The monoisotopic (exact) mass is 547 g/mol. The van der Waals surface area contributed by atoms with E-state index in [1.54, 1.807) is 80.6 Å². The quantitative estimate of drug-likeness (QED) is 0.397. The van der Waals surface area contributed by atoms with Crippen molar-refractivity contribution in [3.8, 4) is 0 Å². The number of hydrogen-bond acceptors (Lipinski definition) is 4. The zero-order valence-corrected chi connectivity index (χ0v) is 22.2. The van der Waals surface area contributed by atoms with Gasteiger partial charge in [0, 0.05) is 28.7 Å². The van der Waals surface area contributed by atoms with Crippen molar-refractivity contribution < 1.29 is 18.0 Å². The van der Waals surface area contributed by atoms with E-state index >= 15 is 0 Å². The van der Waals surface area contributed by atoms with Crippen LogP contribution in [-0.2, 0) is 26.2 Å². The fourth-order valence-electron chi connectivity index (χ4n) is 3.60. The smallest absolute Gasteiger partial charge is 0.264 e. The molecule has 3 rings (SSSR count). The van der Waals surface area contributed by atoms with Crippen molar-refractivity contribution in [1.29, 1.82) is 0 Å². The maximum absolute atomic E-state index is 13.7. The molecule has 0 fully saturated rings. The molecule has 36 heavy (non-hydrogen) atoms. The maximum Gasteiger partial charge on any atom is 0.264 e. The lowest BCUT2D eigenvalue weighted by Crippen LogP contribution is -2.51. The van der Waals surface area contributed by atoms with Crippen LogP contribution in [0.3, 0.4) is 0 Å². The van der Waals surface area contributed by atoms with Crippen LogP contribution in [0.15, 0.2) is 83.8 Å². The summed E-state index contributed by atoms with van der Waals surface area (Å²) in [6.07, 6.45) is 0. The second-order valence-corrected chi connectivity index (χ2v) is 10.6. The number of rotatable bonds is 10. The van der Waals surface area contributed by atoms with Crippen molar-refractivity contribution in [2.75, 3.05) is 17.4 Å². The van der Waals surface area contributed by atoms with Gasteiger partial charge in [0.15, 0.2) is 0 Å². The topological polar surface area (TPSA) is 86.8 Å². The summed E-state index contributed by atoms with van der Waals surface area (Å²) in [6, 6.07) is 20.2. The minimum absolute atomic E-state index is 0.0409. The van der Waals surface area contributed by atoms with Crippen LogP contribution in [0.5, 0.6) is 0 Å². The molecule has 0 aliphatic carbocycles. The van der Waals surface area contributed by atoms with Gasteiger partial charge in [-0.25, -0.2) is 8.42 Å². The number of nitrogens with zero attached hydrogens (tertiary/aromatic N) is 2. The van der Waals surface area contributed by atoms with Gasteiger partial charge in [0.1, 0.15) is 12.6 Å². The molecular weight excluding hydrogens is 521 g/mol. The average Bonchev–Trinajstić information content (AvgIpc) is 2.87. The molecule has 0 spiro atoms. The Labute approximate surface area is 221 Å². The maximum atomic E-state index is 13.7. The summed E-state index contributed by atoms with van der Waals surface area (Å²) in [5, 5.41) is 3.37. The normalized spacial score (nSPS) is 12.0. The lowest BCUT2D eigenvalue weighted by molar-refractivity contribution is -0.139. The molecule has 0 saturated carbocycles. The second kappa shape index (κ2) is 12.3. The first-order valence-electron chi connectivity index (χ1n) is 11.3. The molecular formula is C26H27Cl2N3O4S. The first-order valence-corrected chi connectivity index (χ1v) is 13.5. The van der Waals surface area contributed by atoms with Gasteiger partial charge in [-0.15, -0.1) is 0 Å². The van der Waals surface area contributed by atoms with E-state index in [2.05, 4.69) is 5.32 Å². The Morgan fingerprint density at radius 3 is 2.00 bits per heavy atom. The van der Waals surface area contributed by atoms with Crippen LogP contribution in [-0.4, -0.2) is 44.3 Å². The number of benzene rings is 3. The molecule has 2 amide bonds. The molecule has 0 aliphatic rings. The molecule has 0 radical (unpaired) electrons. The van der Waals surface area contributed by atoms with Crippen molar-refractivity contribution in [2.45, 2.75) is 31.3 Å². The minimum Gasteiger partial charge on any atom is -0.355 e. The summed E-state index contributed by atoms with van der Waals surface area (Å²) in [6.45, 7) is 3.10. The number of para-hydroxylation sites is 1. The number of amides is 2. The lowest BCUT2D eigenvalue weighted by Gasteiger charge is -2.32. The summed E-state index contributed by atoms with van der Waals surface area (Å²) >= 11 is 12.7. The van der Waals surface area contributed by atoms with E-state index in [9.17, 15) is 18.0 Å². The third-order valence-electron chi connectivity index (χ3n) is 5.56. The van der Waals surface area contributed by atoms with Gasteiger partial charge in [-0.2, -0.15) is 0 Å². The van der Waals surface area contributed by atoms with E-state index in [-0.39, 0.29) is 17.3 Å². The summed E-state index contributed by atoms with van der Waals surface area (Å²) in [5.41, 5.74) is 0.776. The van der Waals surface area contributed by atoms with E-state index in [1.807, 2.05) is 0 Å². The van der Waals surface area contributed by atoms with E-state index in [1.165, 1.54) is 17.0 Å². The van der Waals surface area contributed by atoms with Crippen LogP contribution in [0, 0.1) is 0 Å². The van der Waals surface area contributed by atoms with Crippen molar-refractivity contribution in [3.05, 3.63) is 94.5 Å². The fourth-order valence-corrected chi connectivity index (χ4v) is 5.55. The largest absolute Gasteiger partial charge is 0.355 e. The fraction of sp³-hybridized carbons (Fsp3) is 0.231. The molecule has 3 aromatic rings. The molecule has 0 saturated heterocycles. The zero-order chi connectivity index (χ0) is 26.3. The molecule has 1 atom stereocenters. The Kier molecular flexibility index (Phi) is 9.37. The highest BCUT2D eigenvalue weighted by Gasteiger charge is 2.32. The van der Waals surface area contributed by atoms with Gasteiger partial charge < -0.3 is 10.2 Å². The number of anilines is 1. The van der Waals surface area contributed by atoms with Crippen LogP contribution in [0.25, 0.3) is 0 Å². The number of carbonyl (C=O) groups is 2. The van der Waals surface area contributed by atoms with Crippen molar-refractivity contribution in [1.82, 2.24) is 10.2 Å². The third-order valence-corrected chi connectivity index (χ3v) is 8.06. The van der Waals surface area contributed by atoms with Crippen LogP contribution >= 0.6 is 23.2 Å². The highest BCUT2D eigenvalue weighted by Crippen LogP contribution is 2.28. The van der Waals surface area contributed by atoms with Gasteiger partial charge in [-0.1, -0.05) is 65.7 Å². The van der Waals surface area contributed by atoms with Crippen molar-refractivity contribution in [3.63, 3.8) is 0 Å². The van der Waals surface area contributed by atoms with Gasteiger partial charge in [-0.05, 0) is 50.2 Å². The Hall–Kier alpha value is -3.07. The SMILES string of the molecule is CCNC(=O)[C@@H](C)N(Cc1c(Cl)cccc1Cl)C(=O)CN(c1ccccc1)S(=O)(=O)c1ccccc1. The number of likely N-dealkylation sites (N-methyl/N-ethyl adjacent to an activating group) is 1. The van der Waals surface area contributed by atoms with Crippen molar-refractivity contribution in [2.24, 2.45) is 0 Å². The predicted molar refractivity (Wildman–Crippen MR) is 143 cm³/mol. The average molecular weight is 548 g/mol. The minimum atomic E-state index is -4.09. The van der Waals surface area contributed by atoms with Crippen LogP contribution < -0.4 is 9.62 Å². The van der Waals surface area contributed by atoms with Gasteiger partial charge in [0.25, 0.3) is 10.0 Å². The molecule has 3 aromatic carbocycles. The molecule has 0 aromatic heterocycles. The van der Waals surface area contributed by atoms with E-state index in [0.29, 0.717) is 27.8 Å². The van der Waals surface area contributed by atoms with Crippen LogP contribution in [0.1, 0.15) is 19.4 Å². The standard InChI is InChI=1S/C26H27Cl2N3O4S/c1-3-29-26(33)19(2)30(17-22-23(27)15-10-16-24(22)28)25(32)18-31(20-11-6-4-7-12-20)36(34,35)21-13-8-5-9-14-21/h4-16,19H,3,17-18H2,1-2H3,(H,29,33)/t19-/m1/s1. The molecule has 0 heterocycles. The van der Waals surface area contributed by atoms with E-state index < -0.39 is 28.5 Å². The van der Waals surface area contributed by atoms with Gasteiger partial charge >= 0.3 is 0 Å². The summed E-state index contributed by atoms with van der Waals surface area (Å²) in [7, 11) is -4.09. The second-order valence-electron chi connectivity index (χ2n) is 7.95. The molecule has 10 heteroatoms. The Morgan fingerprint density at radius 2 is 1.44 bits per heavy atom. The predicted octanol–water partition coefficient (Wildman–Crippen LogP) is 4.74. The highest BCUT2D eigenvalue weighted by molar-refractivity contribution is 7.92. The molecule has 1 N–H and O–H groups in total. The van der Waals surface area contributed by atoms with Crippen LogP contribution in [0.2, 0.25) is 10.0 Å². The molecule has 0 bridgehead atoms. The highest BCUT2D eigenvalue weighted by atomic mass is 35.5. The number of hydrogen-bond donors (Lipinski definition) is 1. The first-order chi connectivity index (χ1) is 17.2. The Balaban J connectivity index is 2.03. The van der Waals surface area contributed by atoms with Crippen LogP contribution in [0.4, 0.5) is 5.69 Å². The lowest BCUT2D eigenvalue weighted by atomic mass is 10.1. The summed E-state index contributed by atoms with van der Waals surface area (Å²) < 4.78 is 28.2. The van der Waals surface area contributed by atoms with Gasteiger partial charge in [0.2, 0.25) is 11.8 Å². The number of sulfonamides is 1. The molecule has 7 nitrogen and oxygen atoms in total. The number of carbonyl (C=O) groups excluding carboxylic acids is 2.